The highest BCUT2D eigenvalue weighted by Gasteiger charge is 2.16. The molecule has 38 heavy (non-hydrogen) atoms. The summed E-state index contributed by atoms with van der Waals surface area (Å²) in [5, 5.41) is 15.6. The first kappa shape index (κ1) is 25.5. The first-order valence-corrected chi connectivity index (χ1v) is 13.0. The van der Waals surface area contributed by atoms with E-state index in [0.29, 0.717) is 0 Å². The number of H-pyrrole nitrogens is 2. The van der Waals surface area contributed by atoms with E-state index in [4.69, 9.17) is 4.74 Å². The predicted octanol–water partition coefficient (Wildman–Crippen LogP) is 8.40. The minimum Gasteiger partial charge on any atom is -0.497 e. The summed E-state index contributed by atoms with van der Waals surface area (Å²) in [5.74, 6) is 0.772. The number of rotatable bonds is 5. The molecule has 5 rings (SSSR count). The Kier molecular flexibility index (Phi) is 6.47. The predicted molar refractivity (Wildman–Crippen MR) is 156 cm³/mol. The molecule has 0 unspecified atom stereocenters. The van der Waals surface area contributed by atoms with Crippen LogP contribution in [0.15, 0.2) is 78.9 Å². The van der Waals surface area contributed by atoms with E-state index in [1.165, 1.54) is 11.1 Å². The van der Waals surface area contributed by atoms with Crippen LogP contribution in [0.3, 0.4) is 0 Å². The lowest BCUT2D eigenvalue weighted by molar-refractivity contribution is 0.415. The van der Waals surface area contributed by atoms with Gasteiger partial charge in [-0.15, -0.1) is 0 Å². The van der Waals surface area contributed by atoms with Crippen molar-refractivity contribution in [2.24, 2.45) is 0 Å². The Labute approximate surface area is 225 Å². The molecule has 0 atom stereocenters. The summed E-state index contributed by atoms with van der Waals surface area (Å²) in [6.45, 7) is 13.3. The molecular weight excluding hydrogens is 468 g/mol. The Hall–Kier alpha value is -4.12. The lowest BCUT2D eigenvalue weighted by Crippen LogP contribution is -2.10. The van der Waals surface area contributed by atoms with Gasteiger partial charge in [0.05, 0.1) is 29.9 Å². The van der Waals surface area contributed by atoms with E-state index >= 15 is 0 Å². The van der Waals surface area contributed by atoms with E-state index in [2.05, 4.69) is 129 Å². The smallest absolute Gasteiger partial charge is 0.120 e. The molecule has 5 aromatic rings. The average Bonchev–Trinajstić information content (AvgIpc) is 3.58. The van der Waals surface area contributed by atoms with Gasteiger partial charge in [-0.05, 0) is 52.3 Å². The van der Waals surface area contributed by atoms with Crippen LogP contribution in [0.4, 0.5) is 0 Å². The topological polar surface area (TPSA) is 66.6 Å². The van der Waals surface area contributed by atoms with E-state index in [1.807, 2.05) is 12.1 Å². The molecule has 0 aliphatic carbocycles. The van der Waals surface area contributed by atoms with E-state index < -0.39 is 0 Å². The van der Waals surface area contributed by atoms with Gasteiger partial charge in [0, 0.05) is 22.3 Å². The molecule has 2 N–H and O–H groups in total. The van der Waals surface area contributed by atoms with Crippen LogP contribution in [0, 0.1) is 0 Å². The van der Waals surface area contributed by atoms with Gasteiger partial charge >= 0.3 is 0 Å². The third kappa shape index (κ3) is 5.28. The Morgan fingerprint density at radius 1 is 0.526 bits per heavy atom. The van der Waals surface area contributed by atoms with Crippen LogP contribution in [0.5, 0.6) is 5.75 Å². The van der Waals surface area contributed by atoms with Gasteiger partial charge in [-0.1, -0.05) is 90.1 Å². The maximum absolute atomic E-state index is 5.64. The molecule has 5 heteroatoms. The highest BCUT2D eigenvalue weighted by atomic mass is 16.5. The third-order valence-electron chi connectivity index (χ3n) is 7.01. The Balaban J connectivity index is 1.44. The van der Waals surface area contributed by atoms with E-state index in [-0.39, 0.29) is 10.8 Å². The highest BCUT2D eigenvalue weighted by molar-refractivity contribution is 5.76. The molecule has 3 aromatic carbocycles. The lowest BCUT2D eigenvalue weighted by Gasteiger charge is -2.18. The van der Waals surface area contributed by atoms with E-state index in [1.54, 1.807) is 7.11 Å². The minimum atomic E-state index is 0.120. The second kappa shape index (κ2) is 9.64. The molecule has 5 nitrogen and oxygen atoms in total. The number of aromatic nitrogens is 4. The molecule has 0 spiro atoms. The van der Waals surface area contributed by atoms with Crippen molar-refractivity contribution >= 4 is 0 Å². The van der Waals surface area contributed by atoms with Gasteiger partial charge in [0.1, 0.15) is 5.75 Å². The van der Waals surface area contributed by atoms with Crippen molar-refractivity contribution in [3.63, 3.8) is 0 Å². The molecule has 194 valence electrons. The van der Waals surface area contributed by atoms with Crippen molar-refractivity contribution < 1.29 is 4.74 Å². The largest absolute Gasteiger partial charge is 0.497 e. The third-order valence-corrected chi connectivity index (χ3v) is 7.01. The van der Waals surface area contributed by atoms with Gasteiger partial charge in [0.2, 0.25) is 0 Å². The van der Waals surface area contributed by atoms with Gasteiger partial charge in [-0.25, -0.2) is 0 Å². The summed E-state index contributed by atoms with van der Waals surface area (Å²) >= 11 is 0. The fourth-order valence-electron chi connectivity index (χ4n) is 4.54. The van der Waals surface area contributed by atoms with Crippen LogP contribution in [0.1, 0.15) is 52.7 Å². The summed E-state index contributed by atoms with van der Waals surface area (Å²) in [5.41, 5.74) is 10.7. The molecule has 0 aliphatic heterocycles. The van der Waals surface area contributed by atoms with Crippen molar-refractivity contribution in [1.29, 1.82) is 0 Å². The second-order valence-corrected chi connectivity index (χ2v) is 11.9. The first-order valence-electron chi connectivity index (χ1n) is 13.0. The Bertz CT molecular complexity index is 1430. The van der Waals surface area contributed by atoms with Crippen LogP contribution in [0.25, 0.3) is 45.0 Å². The second-order valence-electron chi connectivity index (χ2n) is 11.9. The van der Waals surface area contributed by atoms with Gasteiger partial charge in [0.25, 0.3) is 0 Å². The summed E-state index contributed by atoms with van der Waals surface area (Å²) in [7, 11) is 1.69. The molecule has 0 fully saturated rings. The number of nitrogens with zero attached hydrogens (tertiary/aromatic N) is 2. The number of benzene rings is 3. The molecule has 0 radical (unpaired) electrons. The molecule has 0 saturated heterocycles. The minimum absolute atomic E-state index is 0.120. The van der Waals surface area contributed by atoms with Crippen molar-refractivity contribution in [2.45, 2.75) is 52.4 Å². The summed E-state index contributed by atoms with van der Waals surface area (Å²) < 4.78 is 5.64. The maximum atomic E-state index is 5.64. The van der Waals surface area contributed by atoms with Crippen LogP contribution in [-0.4, -0.2) is 27.5 Å². The van der Waals surface area contributed by atoms with Gasteiger partial charge in [0.15, 0.2) is 0 Å². The molecule has 0 bridgehead atoms. The molecule has 2 heterocycles. The zero-order valence-corrected chi connectivity index (χ0v) is 23.3. The zero-order valence-electron chi connectivity index (χ0n) is 23.3. The maximum Gasteiger partial charge on any atom is 0.120 e. The molecule has 0 aliphatic rings. The van der Waals surface area contributed by atoms with Crippen LogP contribution in [-0.2, 0) is 10.8 Å². The first-order chi connectivity index (χ1) is 18.0. The number of hydrogen-bond donors (Lipinski definition) is 2. The van der Waals surface area contributed by atoms with Crippen LogP contribution < -0.4 is 4.74 Å². The monoisotopic (exact) mass is 504 g/mol. The van der Waals surface area contributed by atoms with E-state index in [9.17, 15) is 0 Å². The number of methoxy groups -OCH3 is 1. The van der Waals surface area contributed by atoms with Crippen LogP contribution >= 0.6 is 0 Å². The summed E-state index contributed by atoms with van der Waals surface area (Å²) in [6, 6.07) is 27.6. The molecule has 0 saturated carbocycles. The standard InChI is InChI=1S/C33H36N4O/c1-32(2,3)25-12-8-21(9-13-25)28-19-30(36-34-28)23-16-24(18-27(17-23)38-7)31-20-29(35-37-31)22-10-14-26(15-11-22)33(4,5)6/h8-20H,1-7H3,(H,34,36)(H,35,37). The van der Waals surface area contributed by atoms with E-state index in [0.717, 1.165) is 50.8 Å². The fraction of sp³-hybridized carbons (Fsp3) is 0.273. The fourth-order valence-corrected chi connectivity index (χ4v) is 4.54. The highest BCUT2D eigenvalue weighted by Crippen LogP contribution is 2.34. The normalized spacial score (nSPS) is 12.1. The van der Waals surface area contributed by atoms with Crippen molar-refractivity contribution in [3.8, 4) is 50.8 Å². The number of ether oxygens (including phenoxy) is 1. The summed E-state index contributed by atoms with van der Waals surface area (Å²) in [6.07, 6.45) is 0. The quantitative estimate of drug-likeness (QED) is 0.252. The number of aromatic amines is 2. The van der Waals surface area contributed by atoms with Crippen molar-refractivity contribution in [2.75, 3.05) is 7.11 Å². The molecule has 2 aromatic heterocycles. The van der Waals surface area contributed by atoms with Gasteiger partial charge in [-0.3, -0.25) is 10.2 Å². The van der Waals surface area contributed by atoms with Gasteiger partial charge in [-0.2, -0.15) is 10.2 Å². The zero-order chi connectivity index (χ0) is 27.1. The summed E-state index contributed by atoms with van der Waals surface area (Å²) in [4.78, 5) is 0. The van der Waals surface area contributed by atoms with Crippen molar-refractivity contribution in [1.82, 2.24) is 20.4 Å². The number of hydrogen-bond acceptors (Lipinski definition) is 3. The Morgan fingerprint density at radius 3 is 1.26 bits per heavy atom. The van der Waals surface area contributed by atoms with Gasteiger partial charge < -0.3 is 4.74 Å². The lowest BCUT2D eigenvalue weighted by atomic mass is 9.86. The molecular formula is C33H36N4O. The molecule has 0 amide bonds. The Morgan fingerprint density at radius 2 is 0.921 bits per heavy atom. The SMILES string of the molecule is COc1cc(-c2cc(-c3ccc(C(C)(C)C)cc3)n[nH]2)cc(-c2cc(-c3ccc(C(C)(C)C)cc3)n[nH]2)c1. The van der Waals surface area contributed by atoms with Crippen LogP contribution in [0.2, 0.25) is 0 Å². The van der Waals surface area contributed by atoms with Crippen molar-refractivity contribution in [3.05, 3.63) is 90.0 Å². The number of nitrogens with one attached hydrogen (secondary N) is 2. The average molecular weight is 505 g/mol.